The average molecular weight is 279 g/mol. The molecule has 4 nitrogen and oxygen atoms in total. The molecule has 2 rings (SSSR count). The largest absolute Gasteiger partial charge is 0.323 e. The molecule has 90 valence electrons. The van der Waals surface area contributed by atoms with Gasteiger partial charge in [0.1, 0.15) is 11.8 Å². The number of nitriles is 1. The fourth-order valence-corrected chi connectivity index (χ4v) is 1.75. The van der Waals surface area contributed by atoms with Crippen molar-refractivity contribution in [3.63, 3.8) is 0 Å². The van der Waals surface area contributed by atoms with Gasteiger partial charge < -0.3 is 5.32 Å². The number of rotatable bonds is 2. The summed E-state index contributed by atoms with van der Waals surface area (Å²) in [6.45, 7) is 1.78. The van der Waals surface area contributed by atoms with Crippen LogP contribution >= 0.6 is 23.2 Å². The third kappa shape index (κ3) is 2.70. The van der Waals surface area contributed by atoms with Gasteiger partial charge in [0, 0.05) is 5.69 Å². The minimum atomic E-state index is 0.295. The molecule has 1 aromatic heterocycles. The van der Waals surface area contributed by atoms with Crippen LogP contribution < -0.4 is 5.32 Å². The van der Waals surface area contributed by atoms with Crippen LogP contribution in [0, 0.1) is 18.3 Å². The molecule has 0 bridgehead atoms. The first-order chi connectivity index (χ1) is 8.60. The lowest BCUT2D eigenvalue weighted by atomic mass is 10.3. The highest BCUT2D eigenvalue weighted by atomic mass is 35.5. The first kappa shape index (κ1) is 12.6. The molecular weight excluding hydrogens is 271 g/mol. The monoisotopic (exact) mass is 278 g/mol. The summed E-state index contributed by atoms with van der Waals surface area (Å²) in [7, 11) is 0. The molecule has 0 aliphatic rings. The van der Waals surface area contributed by atoms with E-state index < -0.39 is 0 Å². The summed E-state index contributed by atoms with van der Waals surface area (Å²) in [5, 5.41) is 12.6. The molecule has 18 heavy (non-hydrogen) atoms. The van der Waals surface area contributed by atoms with Gasteiger partial charge in [0.2, 0.25) is 5.95 Å². The standard InChI is InChI=1S/C12H8Cl2N4/c1-7-5-8(6-15)17-12(16-7)18-10-4-2-3-9(13)11(10)14/h2-5H,1H3,(H,16,17,18). The predicted octanol–water partition coefficient (Wildman–Crippen LogP) is 3.71. The zero-order valence-electron chi connectivity index (χ0n) is 9.41. The summed E-state index contributed by atoms with van der Waals surface area (Å²) in [4.78, 5) is 8.21. The van der Waals surface area contributed by atoms with Gasteiger partial charge >= 0.3 is 0 Å². The molecule has 2 aromatic rings. The first-order valence-corrected chi connectivity index (χ1v) is 5.82. The molecule has 1 N–H and O–H groups in total. The fraction of sp³-hybridized carbons (Fsp3) is 0.0833. The summed E-state index contributed by atoms with van der Waals surface area (Å²) in [6, 6.07) is 8.78. The Bertz CT molecular complexity index is 634. The van der Waals surface area contributed by atoms with Gasteiger partial charge in [-0.3, -0.25) is 0 Å². The number of anilines is 2. The van der Waals surface area contributed by atoms with E-state index in [2.05, 4.69) is 15.3 Å². The van der Waals surface area contributed by atoms with Crippen molar-refractivity contribution in [2.75, 3.05) is 5.32 Å². The third-order valence-electron chi connectivity index (χ3n) is 2.17. The van der Waals surface area contributed by atoms with Crippen molar-refractivity contribution in [1.29, 1.82) is 5.26 Å². The highest BCUT2D eigenvalue weighted by Gasteiger charge is 2.07. The van der Waals surface area contributed by atoms with E-state index in [1.54, 1.807) is 31.2 Å². The van der Waals surface area contributed by atoms with Gasteiger partial charge in [-0.1, -0.05) is 29.3 Å². The topological polar surface area (TPSA) is 61.6 Å². The number of nitrogens with zero attached hydrogens (tertiary/aromatic N) is 3. The summed E-state index contributed by atoms with van der Waals surface area (Å²) in [5.41, 5.74) is 1.59. The van der Waals surface area contributed by atoms with E-state index >= 15 is 0 Å². The third-order valence-corrected chi connectivity index (χ3v) is 2.99. The van der Waals surface area contributed by atoms with E-state index in [-0.39, 0.29) is 0 Å². The molecule has 0 aliphatic heterocycles. The van der Waals surface area contributed by atoms with Gasteiger partial charge in [-0.05, 0) is 25.1 Å². The van der Waals surface area contributed by atoms with Crippen LogP contribution in [-0.4, -0.2) is 9.97 Å². The molecule has 0 aliphatic carbocycles. The van der Waals surface area contributed by atoms with E-state index in [9.17, 15) is 0 Å². The van der Waals surface area contributed by atoms with Crippen LogP contribution in [0.4, 0.5) is 11.6 Å². The molecule has 0 radical (unpaired) electrons. The van der Waals surface area contributed by atoms with E-state index in [0.717, 1.165) is 0 Å². The number of aromatic nitrogens is 2. The second-order valence-corrected chi connectivity index (χ2v) is 4.34. The Morgan fingerprint density at radius 3 is 2.78 bits per heavy atom. The Labute approximate surface area is 114 Å². The molecule has 0 fully saturated rings. The van der Waals surface area contributed by atoms with Crippen molar-refractivity contribution in [2.45, 2.75) is 6.92 Å². The van der Waals surface area contributed by atoms with Crippen LogP contribution in [-0.2, 0) is 0 Å². The lowest BCUT2D eigenvalue weighted by Crippen LogP contribution is -2.00. The molecule has 0 spiro atoms. The van der Waals surface area contributed by atoms with Crippen molar-refractivity contribution in [3.8, 4) is 6.07 Å². The van der Waals surface area contributed by atoms with E-state index in [1.165, 1.54) is 0 Å². The molecule has 0 unspecified atom stereocenters. The van der Waals surface area contributed by atoms with Gasteiger partial charge in [0.05, 0.1) is 15.7 Å². The Morgan fingerprint density at radius 2 is 2.06 bits per heavy atom. The molecule has 0 amide bonds. The maximum atomic E-state index is 8.84. The van der Waals surface area contributed by atoms with Crippen LogP contribution in [0.25, 0.3) is 0 Å². The van der Waals surface area contributed by atoms with Crippen molar-refractivity contribution in [3.05, 3.63) is 45.7 Å². The number of hydrogen-bond acceptors (Lipinski definition) is 4. The average Bonchev–Trinajstić information content (AvgIpc) is 2.34. The normalized spacial score (nSPS) is 9.89. The first-order valence-electron chi connectivity index (χ1n) is 5.07. The maximum absolute atomic E-state index is 8.84. The summed E-state index contributed by atoms with van der Waals surface area (Å²) in [5.74, 6) is 0.315. The van der Waals surface area contributed by atoms with Crippen LogP contribution in [0.3, 0.4) is 0 Å². The van der Waals surface area contributed by atoms with E-state index in [1.807, 2.05) is 6.07 Å². The number of hydrogen-bond donors (Lipinski definition) is 1. The van der Waals surface area contributed by atoms with Crippen molar-refractivity contribution in [2.24, 2.45) is 0 Å². The lowest BCUT2D eigenvalue weighted by molar-refractivity contribution is 1.09. The Morgan fingerprint density at radius 1 is 1.28 bits per heavy atom. The summed E-state index contributed by atoms with van der Waals surface area (Å²) in [6.07, 6.45) is 0. The smallest absolute Gasteiger partial charge is 0.228 e. The quantitative estimate of drug-likeness (QED) is 0.910. The number of halogens is 2. The highest BCUT2D eigenvalue weighted by molar-refractivity contribution is 6.43. The fourth-order valence-electron chi connectivity index (χ4n) is 1.40. The minimum absolute atomic E-state index is 0.295. The molecule has 0 saturated heterocycles. The predicted molar refractivity (Wildman–Crippen MR) is 71.2 cm³/mol. The molecule has 0 saturated carbocycles. The minimum Gasteiger partial charge on any atom is -0.323 e. The number of benzene rings is 1. The van der Waals surface area contributed by atoms with E-state index in [0.29, 0.717) is 33.1 Å². The molecule has 0 atom stereocenters. The van der Waals surface area contributed by atoms with Crippen LogP contribution in [0.15, 0.2) is 24.3 Å². The second kappa shape index (κ2) is 5.21. The van der Waals surface area contributed by atoms with Crippen LogP contribution in [0.2, 0.25) is 10.0 Å². The van der Waals surface area contributed by atoms with Crippen molar-refractivity contribution >= 4 is 34.8 Å². The lowest BCUT2D eigenvalue weighted by Gasteiger charge is -2.08. The van der Waals surface area contributed by atoms with Crippen LogP contribution in [0.1, 0.15) is 11.4 Å². The number of nitrogens with one attached hydrogen (secondary N) is 1. The SMILES string of the molecule is Cc1cc(C#N)nc(Nc2cccc(Cl)c2Cl)n1. The zero-order chi connectivity index (χ0) is 13.1. The molecular formula is C12H8Cl2N4. The highest BCUT2D eigenvalue weighted by Crippen LogP contribution is 2.30. The Kier molecular flexibility index (Phi) is 3.66. The molecule has 6 heteroatoms. The van der Waals surface area contributed by atoms with Gasteiger partial charge in [0.25, 0.3) is 0 Å². The van der Waals surface area contributed by atoms with Gasteiger partial charge in [-0.15, -0.1) is 0 Å². The second-order valence-electron chi connectivity index (χ2n) is 3.56. The van der Waals surface area contributed by atoms with E-state index in [4.69, 9.17) is 28.5 Å². The van der Waals surface area contributed by atoms with Gasteiger partial charge in [-0.2, -0.15) is 5.26 Å². The van der Waals surface area contributed by atoms with Crippen molar-refractivity contribution in [1.82, 2.24) is 9.97 Å². The maximum Gasteiger partial charge on any atom is 0.228 e. The van der Waals surface area contributed by atoms with Crippen molar-refractivity contribution < 1.29 is 0 Å². The Hall–Kier alpha value is -1.83. The van der Waals surface area contributed by atoms with Gasteiger partial charge in [0.15, 0.2) is 0 Å². The van der Waals surface area contributed by atoms with Crippen LogP contribution in [0.5, 0.6) is 0 Å². The number of aryl methyl sites for hydroxylation is 1. The Balaban J connectivity index is 2.37. The molecule has 1 heterocycles. The zero-order valence-corrected chi connectivity index (χ0v) is 10.9. The summed E-state index contributed by atoms with van der Waals surface area (Å²) >= 11 is 11.9. The summed E-state index contributed by atoms with van der Waals surface area (Å²) < 4.78 is 0. The molecule has 1 aromatic carbocycles. The van der Waals surface area contributed by atoms with Gasteiger partial charge in [-0.25, -0.2) is 9.97 Å².